The molecule has 1 atom stereocenters. The van der Waals surface area contributed by atoms with Gasteiger partial charge in [0.1, 0.15) is 0 Å². The van der Waals surface area contributed by atoms with Gasteiger partial charge in [-0.1, -0.05) is 0 Å². The van der Waals surface area contributed by atoms with Gasteiger partial charge in [-0.3, -0.25) is 9.59 Å². The number of hydrogen-bond acceptors (Lipinski definition) is 2. The molecule has 110 valence electrons. The first-order chi connectivity index (χ1) is 9.56. The van der Waals surface area contributed by atoms with Gasteiger partial charge in [-0.25, -0.2) is 0 Å². The van der Waals surface area contributed by atoms with Crippen molar-refractivity contribution in [3.8, 4) is 0 Å². The SMILES string of the molecule is CC(C)N1C[C@@H](CNC(=O)CCn2cccc2)CC1=O. The number of aryl methyl sites for hydroxylation is 1. The van der Waals surface area contributed by atoms with E-state index in [1.165, 1.54) is 0 Å². The number of likely N-dealkylation sites (tertiary alicyclic amines) is 1. The highest BCUT2D eigenvalue weighted by atomic mass is 16.2. The molecule has 2 amide bonds. The molecular weight excluding hydrogens is 254 g/mol. The average Bonchev–Trinajstić information content (AvgIpc) is 3.03. The molecule has 0 aliphatic carbocycles. The summed E-state index contributed by atoms with van der Waals surface area (Å²) in [6, 6.07) is 4.14. The number of amides is 2. The van der Waals surface area contributed by atoms with Crippen molar-refractivity contribution in [2.45, 2.75) is 39.3 Å². The Balaban J connectivity index is 1.68. The Kier molecular flexibility index (Phi) is 4.82. The molecule has 5 nitrogen and oxygen atoms in total. The van der Waals surface area contributed by atoms with Gasteiger partial charge in [0, 0.05) is 56.8 Å². The molecule has 1 N–H and O–H groups in total. The largest absolute Gasteiger partial charge is 0.356 e. The first-order valence-electron chi connectivity index (χ1n) is 7.23. The van der Waals surface area contributed by atoms with Crippen LogP contribution in [0, 0.1) is 5.92 Å². The van der Waals surface area contributed by atoms with Crippen LogP contribution in [-0.4, -0.2) is 40.4 Å². The summed E-state index contributed by atoms with van der Waals surface area (Å²) in [5.41, 5.74) is 0. The molecule has 1 aliphatic heterocycles. The number of carbonyl (C=O) groups excluding carboxylic acids is 2. The van der Waals surface area contributed by atoms with Crippen molar-refractivity contribution in [2.75, 3.05) is 13.1 Å². The van der Waals surface area contributed by atoms with Crippen molar-refractivity contribution in [1.29, 1.82) is 0 Å². The monoisotopic (exact) mass is 277 g/mol. The molecule has 1 saturated heterocycles. The maximum atomic E-state index is 11.8. The van der Waals surface area contributed by atoms with Gasteiger partial charge in [0.15, 0.2) is 0 Å². The normalized spacial score (nSPS) is 18.9. The molecule has 1 fully saturated rings. The summed E-state index contributed by atoms with van der Waals surface area (Å²) in [7, 11) is 0. The lowest BCUT2D eigenvalue weighted by Crippen LogP contribution is -2.34. The Bertz CT molecular complexity index is 454. The van der Waals surface area contributed by atoms with Gasteiger partial charge >= 0.3 is 0 Å². The summed E-state index contributed by atoms with van der Waals surface area (Å²) in [4.78, 5) is 25.4. The van der Waals surface area contributed by atoms with Gasteiger partial charge in [0.25, 0.3) is 0 Å². The van der Waals surface area contributed by atoms with Crippen molar-refractivity contribution in [3.63, 3.8) is 0 Å². The summed E-state index contributed by atoms with van der Waals surface area (Å²) in [6.07, 6.45) is 4.92. The number of hydrogen-bond donors (Lipinski definition) is 1. The third-order valence-corrected chi connectivity index (χ3v) is 3.71. The molecule has 5 heteroatoms. The van der Waals surface area contributed by atoms with Crippen LogP contribution in [0.1, 0.15) is 26.7 Å². The minimum absolute atomic E-state index is 0.0501. The van der Waals surface area contributed by atoms with E-state index in [1.807, 2.05) is 47.8 Å². The summed E-state index contributed by atoms with van der Waals surface area (Å²) < 4.78 is 1.99. The maximum absolute atomic E-state index is 11.8. The number of nitrogens with one attached hydrogen (secondary N) is 1. The highest BCUT2D eigenvalue weighted by Crippen LogP contribution is 2.19. The van der Waals surface area contributed by atoms with Crippen LogP contribution in [0.2, 0.25) is 0 Å². The molecule has 0 unspecified atom stereocenters. The van der Waals surface area contributed by atoms with Gasteiger partial charge in [0.05, 0.1) is 0 Å². The summed E-state index contributed by atoms with van der Waals surface area (Å²) in [5.74, 6) is 0.501. The van der Waals surface area contributed by atoms with Crippen molar-refractivity contribution < 1.29 is 9.59 Å². The van der Waals surface area contributed by atoms with Crippen LogP contribution >= 0.6 is 0 Å². The Morgan fingerprint density at radius 2 is 2.10 bits per heavy atom. The summed E-state index contributed by atoms with van der Waals surface area (Å²) in [5, 5.41) is 2.94. The van der Waals surface area contributed by atoms with Crippen LogP contribution in [0.3, 0.4) is 0 Å². The second kappa shape index (κ2) is 6.59. The fourth-order valence-electron chi connectivity index (χ4n) is 2.54. The number of carbonyl (C=O) groups is 2. The van der Waals surface area contributed by atoms with Gasteiger partial charge in [-0.2, -0.15) is 0 Å². The van der Waals surface area contributed by atoms with Crippen molar-refractivity contribution >= 4 is 11.8 Å². The first kappa shape index (κ1) is 14.6. The second-order valence-electron chi connectivity index (χ2n) is 5.68. The van der Waals surface area contributed by atoms with Gasteiger partial charge in [0.2, 0.25) is 11.8 Å². The van der Waals surface area contributed by atoms with Crippen molar-refractivity contribution in [2.24, 2.45) is 5.92 Å². The van der Waals surface area contributed by atoms with Gasteiger partial charge in [-0.15, -0.1) is 0 Å². The van der Waals surface area contributed by atoms with E-state index in [4.69, 9.17) is 0 Å². The predicted molar refractivity (Wildman–Crippen MR) is 77.0 cm³/mol. The average molecular weight is 277 g/mol. The third kappa shape index (κ3) is 3.85. The maximum Gasteiger partial charge on any atom is 0.223 e. The lowest BCUT2D eigenvalue weighted by atomic mass is 10.1. The molecule has 2 heterocycles. The molecule has 2 rings (SSSR count). The molecule has 0 bridgehead atoms. The minimum atomic E-state index is 0.0501. The third-order valence-electron chi connectivity index (χ3n) is 3.71. The van der Waals surface area contributed by atoms with E-state index in [2.05, 4.69) is 5.32 Å². The molecule has 0 saturated carbocycles. The molecule has 0 spiro atoms. The standard InChI is InChI=1S/C15H23N3O2/c1-12(2)18-11-13(9-15(18)20)10-16-14(19)5-8-17-6-3-4-7-17/h3-4,6-7,12-13H,5,8-11H2,1-2H3,(H,16,19)/t13-/m1/s1. The van der Waals surface area contributed by atoms with E-state index >= 15 is 0 Å². The smallest absolute Gasteiger partial charge is 0.223 e. The summed E-state index contributed by atoms with van der Waals surface area (Å²) in [6.45, 7) is 6.10. The predicted octanol–water partition coefficient (Wildman–Crippen LogP) is 1.25. The van der Waals surface area contributed by atoms with E-state index in [-0.39, 0.29) is 23.8 Å². The molecule has 0 aromatic carbocycles. The Hall–Kier alpha value is -1.78. The minimum Gasteiger partial charge on any atom is -0.356 e. The van der Waals surface area contributed by atoms with Crippen LogP contribution < -0.4 is 5.32 Å². The Morgan fingerprint density at radius 1 is 1.40 bits per heavy atom. The van der Waals surface area contributed by atoms with Crippen molar-refractivity contribution in [1.82, 2.24) is 14.8 Å². The van der Waals surface area contributed by atoms with Crippen LogP contribution in [-0.2, 0) is 16.1 Å². The Labute approximate surface area is 119 Å². The molecule has 0 radical (unpaired) electrons. The lowest BCUT2D eigenvalue weighted by molar-refractivity contribution is -0.129. The Morgan fingerprint density at radius 3 is 2.70 bits per heavy atom. The van der Waals surface area contributed by atoms with E-state index in [9.17, 15) is 9.59 Å². The van der Waals surface area contributed by atoms with Crippen LogP contribution in [0.4, 0.5) is 0 Å². The molecule has 1 aliphatic rings. The van der Waals surface area contributed by atoms with Gasteiger partial charge < -0.3 is 14.8 Å². The first-order valence-corrected chi connectivity index (χ1v) is 7.23. The zero-order valence-electron chi connectivity index (χ0n) is 12.2. The molecule has 1 aromatic rings. The quantitative estimate of drug-likeness (QED) is 0.851. The number of rotatable bonds is 6. The highest BCUT2D eigenvalue weighted by molar-refractivity contribution is 5.79. The molecule has 1 aromatic heterocycles. The fourth-order valence-corrected chi connectivity index (χ4v) is 2.54. The lowest BCUT2D eigenvalue weighted by Gasteiger charge is -2.21. The number of nitrogens with zero attached hydrogens (tertiary/aromatic N) is 2. The van der Waals surface area contributed by atoms with Crippen LogP contribution in [0.5, 0.6) is 0 Å². The summed E-state index contributed by atoms with van der Waals surface area (Å²) >= 11 is 0. The zero-order valence-corrected chi connectivity index (χ0v) is 12.2. The second-order valence-corrected chi connectivity index (χ2v) is 5.68. The fraction of sp³-hybridized carbons (Fsp3) is 0.600. The molecular formula is C15H23N3O2. The van der Waals surface area contributed by atoms with E-state index in [0.29, 0.717) is 25.9 Å². The van der Waals surface area contributed by atoms with E-state index < -0.39 is 0 Å². The molecule has 20 heavy (non-hydrogen) atoms. The zero-order chi connectivity index (χ0) is 14.5. The van der Waals surface area contributed by atoms with E-state index in [1.54, 1.807) is 0 Å². The van der Waals surface area contributed by atoms with Crippen LogP contribution in [0.15, 0.2) is 24.5 Å². The topological polar surface area (TPSA) is 54.3 Å². The van der Waals surface area contributed by atoms with Crippen LogP contribution in [0.25, 0.3) is 0 Å². The van der Waals surface area contributed by atoms with E-state index in [0.717, 1.165) is 6.54 Å². The highest BCUT2D eigenvalue weighted by Gasteiger charge is 2.30. The van der Waals surface area contributed by atoms with Crippen molar-refractivity contribution in [3.05, 3.63) is 24.5 Å². The van der Waals surface area contributed by atoms with Gasteiger partial charge in [-0.05, 0) is 26.0 Å². The number of aromatic nitrogens is 1.